The number of thiazole rings is 1. The number of aryl methyl sites for hydroxylation is 1. The Labute approximate surface area is 197 Å². The number of benzene rings is 2. The van der Waals surface area contributed by atoms with Gasteiger partial charge in [0, 0.05) is 29.6 Å². The van der Waals surface area contributed by atoms with E-state index in [1.165, 1.54) is 39.4 Å². The van der Waals surface area contributed by atoms with Crippen molar-refractivity contribution in [1.29, 1.82) is 0 Å². The minimum Gasteiger partial charge on any atom is -0.298 e. The molecule has 0 atom stereocenters. The number of hydrogen-bond acceptors (Lipinski definition) is 5. The Morgan fingerprint density at radius 3 is 2.56 bits per heavy atom. The van der Waals surface area contributed by atoms with Gasteiger partial charge in [0.1, 0.15) is 4.90 Å². The lowest BCUT2D eigenvalue weighted by Crippen LogP contribution is -2.28. The van der Waals surface area contributed by atoms with Gasteiger partial charge in [0.2, 0.25) is 10.0 Å². The zero-order chi connectivity index (χ0) is 22.7. The highest BCUT2D eigenvalue weighted by Crippen LogP contribution is 2.29. The molecule has 32 heavy (non-hydrogen) atoms. The summed E-state index contributed by atoms with van der Waals surface area (Å²) >= 11 is 7.50. The lowest BCUT2D eigenvalue weighted by atomic mass is 10.1. The molecule has 2 aromatic carbocycles. The van der Waals surface area contributed by atoms with Crippen molar-refractivity contribution >= 4 is 44.0 Å². The fourth-order valence-corrected chi connectivity index (χ4v) is 6.41. The van der Waals surface area contributed by atoms with Crippen LogP contribution in [-0.4, -0.2) is 36.7 Å². The van der Waals surface area contributed by atoms with Gasteiger partial charge in [-0.05, 0) is 43.0 Å². The summed E-state index contributed by atoms with van der Waals surface area (Å²) in [5.74, 6) is -0.432. The van der Waals surface area contributed by atoms with Crippen LogP contribution in [0.15, 0.2) is 52.7 Å². The Morgan fingerprint density at radius 2 is 1.88 bits per heavy atom. The lowest BCUT2D eigenvalue weighted by molar-refractivity contribution is 0.102. The van der Waals surface area contributed by atoms with E-state index in [0.717, 1.165) is 36.9 Å². The maximum Gasteiger partial charge on any atom is 0.257 e. The Kier molecular flexibility index (Phi) is 6.95. The van der Waals surface area contributed by atoms with E-state index in [1.54, 1.807) is 0 Å². The van der Waals surface area contributed by atoms with Gasteiger partial charge in [0.15, 0.2) is 5.13 Å². The molecule has 0 radical (unpaired) electrons. The number of amides is 1. The van der Waals surface area contributed by atoms with Crippen LogP contribution >= 0.6 is 22.9 Å². The zero-order valence-electron chi connectivity index (χ0n) is 17.7. The highest BCUT2D eigenvalue weighted by Gasteiger charge is 2.29. The van der Waals surface area contributed by atoms with Crippen LogP contribution in [0.1, 0.15) is 42.1 Å². The Bertz CT molecular complexity index is 1220. The summed E-state index contributed by atoms with van der Waals surface area (Å²) in [4.78, 5) is 17.3. The molecule has 1 aromatic heterocycles. The molecular weight excluding hydrogens is 466 g/mol. The molecule has 4 rings (SSSR count). The summed E-state index contributed by atoms with van der Waals surface area (Å²) in [6.07, 6.45) is 3.78. The fourth-order valence-electron chi connectivity index (χ4n) is 3.67. The van der Waals surface area contributed by atoms with Crippen LogP contribution in [0.4, 0.5) is 5.13 Å². The van der Waals surface area contributed by atoms with Crippen LogP contribution in [0.25, 0.3) is 11.3 Å². The van der Waals surface area contributed by atoms with Gasteiger partial charge < -0.3 is 0 Å². The number of nitrogens with one attached hydrogen (secondary N) is 1. The summed E-state index contributed by atoms with van der Waals surface area (Å²) in [6.45, 7) is 3.08. The average Bonchev–Trinajstić information content (AvgIpc) is 3.47. The first-order valence-electron chi connectivity index (χ1n) is 10.5. The molecule has 0 bridgehead atoms. The van der Waals surface area contributed by atoms with E-state index in [4.69, 9.17) is 11.6 Å². The van der Waals surface area contributed by atoms with Crippen LogP contribution in [-0.2, 0) is 16.4 Å². The van der Waals surface area contributed by atoms with Crippen molar-refractivity contribution in [2.24, 2.45) is 0 Å². The van der Waals surface area contributed by atoms with Gasteiger partial charge >= 0.3 is 0 Å². The third-order valence-electron chi connectivity index (χ3n) is 5.39. The Hall–Kier alpha value is -2.26. The molecule has 0 aliphatic carbocycles. The number of halogens is 1. The summed E-state index contributed by atoms with van der Waals surface area (Å²) in [5.41, 5.74) is 3.25. The van der Waals surface area contributed by atoms with E-state index >= 15 is 0 Å². The van der Waals surface area contributed by atoms with Crippen LogP contribution in [0.2, 0.25) is 5.02 Å². The lowest BCUT2D eigenvalue weighted by Gasteiger charge is -2.17. The van der Waals surface area contributed by atoms with Crippen LogP contribution in [0.5, 0.6) is 0 Å². The van der Waals surface area contributed by atoms with Crippen molar-refractivity contribution in [2.75, 3.05) is 18.4 Å². The van der Waals surface area contributed by atoms with Crippen molar-refractivity contribution in [1.82, 2.24) is 9.29 Å². The standard InChI is InChI=1S/C23H24ClN3O3S2/c1-2-5-16-6-8-17(9-7-16)20-15-31-23(25-20)26-22(28)18-10-11-19(24)21(14-18)32(29,30)27-12-3-4-13-27/h6-11,14-15H,2-5,12-13H2,1H3,(H,25,26,28). The fraction of sp³-hybridized carbons (Fsp3) is 0.304. The summed E-state index contributed by atoms with van der Waals surface area (Å²) in [7, 11) is -3.73. The second-order valence-corrected chi connectivity index (χ2v) is 10.9. The predicted octanol–water partition coefficient (Wildman–Crippen LogP) is 5.45. The van der Waals surface area contributed by atoms with E-state index in [9.17, 15) is 13.2 Å². The quantitative estimate of drug-likeness (QED) is 0.478. The molecule has 1 fully saturated rings. The van der Waals surface area contributed by atoms with Crippen molar-refractivity contribution in [3.63, 3.8) is 0 Å². The number of carbonyl (C=O) groups excluding carboxylic acids is 1. The van der Waals surface area contributed by atoms with E-state index in [0.29, 0.717) is 18.2 Å². The SMILES string of the molecule is CCCc1ccc(-c2csc(NC(=O)c3ccc(Cl)c(S(=O)(=O)N4CCCC4)c3)n2)cc1. The number of carbonyl (C=O) groups is 1. The highest BCUT2D eigenvalue weighted by molar-refractivity contribution is 7.89. The van der Waals surface area contributed by atoms with Crippen molar-refractivity contribution in [3.05, 3.63) is 64.0 Å². The Morgan fingerprint density at radius 1 is 1.16 bits per heavy atom. The molecule has 1 N–H and O–H groups in total. The molecule has 1 amide bonds. The topological polar surface area (TPSA) is 79.4 Å². The monoisotopic (exact) mass is 489 g/mol. The van der Waals surface area contributed by atoms with Gasteiger partial charge in [0.05, 0.1) is 10.7 Å². The van der Waals surface area contributed by atoms with E-state index in [-0.39, 0.29) is 15.5 Å². The molecule has 0 unspecified atom stereocenters. The Balaban J connectivity index is 1.51. The molecule has 0 spiro atoms. The van der Waals surface area contributed by atoms with Crippen LogP contribution < -0.4 is 5.32 Å². The number of nitrogens with zero attached hydrogens (tertiary/aromatic N) is 2. The van der Waals surface area contributed by atoms with Gasteiger partial charge in [-0.1, -0.05) is 49.2 Å². The normalized spacial score (nSPS) is 14.6. The number of anilines is 1. The minimum absolute atomic E-state index is 0.0410. The molecule has 1 aliphatic heterocycles. The number of sulfonamides is 1. The van der Waals surface area contributed by atoms with E-state index in [2.05, 4.69) is 29.4 Å². The maximum atomic E-state index is 12.9. The number of rotatable bonds is 7. The summed E-state index contributed by atoms with van der Waals surface area (Å²) in [6, 6.07) is 12.5. The van der Waals surface area contributed by atoms with Gasteiger partial charge in [-0.2, -0.15) is 4.31 Å². The first-order chi connectivity index (χ1) is 15.4. The molecule has 1 saturated heterocycles. The molecule has 3 aromatic rings. The second-order valence-electron chi connectivity index (χ2n) is 7.70. The van der Waals surface area contributed by atoms with Gasteiger partial charge in [-0.15, -0.1) is 11.3 Å². The predicted molar refractivity (Wildman–Crippen MR) is 129 cm³/mol. The van der Waals surface area contributed by atoms with Crippen molar-refractivity contribution in [2.45, 2.75) is 37.5 Å². The first-order valence-corrected chi connectivity index (χ1v) is 13.2. The zero-order valence-corrected chi connectivity index (χ0v) is 20.1. The second kappa shape index (κ2) is 9.70. The highest BCUT2D eigenvalue weighted by atomic mass is 35.5. The van der Waals surface area contributed by atoms with Crippen LogP contribution in [0.3, 0.4) is 0 Å². The molecule has 168 valence electrons. The summed E-state index contributed by atoms with van der Waals surface area (Å²) in [5, 5.41) is 5.20. The van der Waals surface area contributed by atoms with E-state index < -0.39 is 15.9 Å². The average molecular weight is 490 g/mol. The molecule has 6 nitrogen and oxygen atoms in total. The minimum atomic E-state index is -3.73. The van der Waals surface area contributed by atoms with Gasteiger partial charge in [0.25, 0.3) is 5.91 Å². The van der Waals surface area contributed by atoms with Gasteiger partial charge in [-0.25, -0.2) is 13.4 Å². The number of hydrogen-bond donors (Lipinski definition) is 1. The van der Waals surface area contributed by atoms with Crippen LogP contribution in [0, 0.1) is 0 Å². The summed E-state index contributed by atoms with van der Waals surface area (Å²) < 4.78 is 27.2. The molecule has 2 heterocycles. The first kappa shape index (κ1) is 22.9. The smallest absolute Gasteiger partial charge is 0.257 e. The van der Waals surface area contributed by atoms with Crippen molar-refractivity contribution in [3.8, 4) is 11.3 Å². The number of aromatic nitrogens is 1. The van der Waals surface area contributed by atoms with E-state index in [1.807, 2.05) is 17.5 Å². The molecule has 9 heteroatoms. The largest absolute Gasteiger partial charge is 0.298 e. The molecule has 0 saturated carbocycles. The molecular formula is C23H24ClN3O3S2. The van der Waals surface area contributed by atoms with Crippen molar-refractivity contribution < 1.29 is 13.2 Å². The maximum absolute atomic E-state index is 12.9. The molecule has 1 aliphatic rings. The van der Waals surface area contributed by atoms with Gasteiger partial charge in [-0.3, -0.25) is 10.1 Å². The third-order valence-corrected chi connectivity index (χ3v) is 8.53. The third kappa shape index (κ3) is 4.88.